The van der Waals surface area contributed by atoms with Crippen LogP contribution in [0.3, 0.4) is 0 Å². The van der Waals surface area contributed by atoms with E-state index in [-0.39, 0.29) is 12.0 Å². The summed E-state index contributed by atoms with van der Waals surface area (Å²) < 4.78 is 55.7. The third kappa shape index (κ3) is 6.74. The number of carboxylic acids is 1. The molecular weight excluding hydrogens is 866 g/mol. The number of methoxy groups -OCH3 is 3. The summed E-state index contributed by atoms with van der Waals surface area (Å²) in [5, 5.41) is 33.5. The number of piperidine rings is 1. The van der Waals surface area contributed by atoms with Gasteiger partial charge in [-0.3, -0.25) is 19.4 Å². The number of halogens is 3. The van der Waals surface area contributed by atoms with E-state index in [2.05, 4.69) is 39.1 Å². The Kier molecular flexibility index (Phi) is 11.9. The number of esters is 3. The predicted molar refractivity (Wildman–Crippen MR) is 234 cm³/mol. The van der Waals surface area contributed by atoms with Crippen LogP contribution in [0.2, 0.25) is 0 Å². The van der Waals surface area contributed by atoms with Gasteiger partial charge in [0.2, 0.25) is 5.60 Å². The Morgan fingerprint density at radius 2 is 1.64 bits per heavy atom. The quantitative estimate of drug-likeness (QED) is 0.146. The van der Waals surface area contributed by atoms with Crippen LogP contribution in [0.25, 0.3) is 10.9 Å². The highest BCUT2D eigenvalue weighted by Gasteiger charge is 2.80. The largest absolute Gasteiger partial charge is 0.496 e. The first kappa shape index (κ1) is 47.3. The first-order chi connectivity index (χ1) is 31.2. The molecule has 1 aromatic heterocycles. The van der Waals surface area contributed by atoms with E-state index in [0.29, 0.717) is 82.6 Å². The molecule has 9 rings (SSSR count). The number of anilines is 1. The van der Waals surface area contributed by atoms with Gasteiger partial charge in [-0.25, -0.2) is 9.59 Å². The minimum absolute atomic E-state index is 0.0986. The van der Waals surface area contributed by atoms with Crippen molar-refractivity contribution in [3.8, 4) is 5.75 Å². The third-order valence-corrected chi connectivity index (χ3v) is 15.8. The van der Waals surface area contributed by atoms with Crippen molar-refractivity contribution in [3.05, 3.63) is 70.9 Å². The lowest BCUT2D eigenvalue weighted by atomic mass is 9.47. The number of aliphatic hydroxyl groups is 2. The molecule has 358 valence electrons. The summed E-state index contributed by atoms with van der Waals surface area (Å²) in [4.78, 5) is 62.1. The lowest BCUT2D eigenvalue weighted by Gasteiger charge is -2.63. The highest BCUT2D eigenvalue weighted by Crippen LogP contribution is 2.68. The molecule has 4 N–H and O–H groups in total. The average molecular weight is 925 g/mol. The van der Waals surface area contributed by atoms with Crippen LogP contribution in [-0.2, 0) is 50.6 Å². The first-order valence-electron chi connectivity index (χ1n) is 22.5. The van der Waals surface area contributed by atoms with Crippen molar-refractivity contribution >= 4 is 40.5 Å². The standard InChI is InChI=1S/C46H58N4O9.C2HF3O2/c1-8-42(54)23-28-24-45(40(52)57-6,36-30(15-19-49(25-28)26-42)29-13-10-11-14-33(29)47-36)32-21-31-34(22-35(32)56-5)48(4)38-44(31)17-20-50-18-12-16-43(9-2,37(44)50)39(59-27(3)51)46(38,55)41(53)58-7;3-2(4,5)1(6)7/h10-14,16,21-22,28,37-39,47,54-55H,8-9,15,17-20,23-26H2,1-7H3;(H,6,7)/t28-,37-,38+,39+,42-,43+,44+,45-,46-;/m0./s1. The van der Waals surface area contributed by atoms with Gasteiger partial charge < -0.3 is 44.2 Å². The Bertz CT molecular complexity index is 2480. The van der Waals surface area contributed by atoms with Crippen LogP contribution in [0.1, 0.15) is 75.3 Å². The van der Waals surface area contributed by atoms with Gasteiger partial charge in [-0.1, -0.05) is 44.2 Å². The Hall–Kier alpha value is -5.17. The molecular formula is C48H59F3N4O11. The molecule has 2 saturated heterocycles. The molecule has 0 radical (unpaired) electrons. The van der Waals surface area contributed by atoms with Gasteiger partial charge in [-0.2, -0.15) is 13.2 Å². The zero-order valence-electron chi connectivity index (χ0n) is 38.3. The van der Waals surface area contributed by atoms with Crippen LogP contribution in [0, 0.1) is 11.3 Å². The molecule has 3 aromatic rings. The fraction of sp³-hybridized carbons (Fsp3) is 0.583. The van der Waals surface area contributed by atoms with Gasteiger partial charge in [-0.05, 0) is 74.2 Å². The lowest BCUT2D eigenvalue weighted by molar-refractivity contribution is -0.228. The van der Waals surface area contributed by atoms with Crippen molar-refractivity contribution in [1.82, 2.24) is 14.8 Å². The maximum Gasteiger partial charge on any atom is 0.490 e. The number of benzene rings is 2. The lowest BCUT2D eigenvalue weighted by Crippen LogP contribution is -2.81. The number of carboxylic acid groups (broad SMARTS) is 1. The monoisotopic (exact) mass is 924 g/mol. The molecule has 15 nitrogen and oxygen atoms in total. The molecule has 0 unspecified atom stereocenters. The van der Waals surface area contributed by atoms with Crippen molar-refractivity contribution in [2.45, 2.75) is 106 Å². The SMILES string of the molecule is CC[C@]1(O)C[C@@H]2C[N@@](CCc3c([nH]c4ccccc34)[C@@](C(=O)OC)(c3cc4c(cc3OC)N(C)[C@H]3[C@@](O)(C(=O)OC)[C@H](OC(C)=O)[C@]5(CC)C=CCN6CC[C@]43[C@@H]65)C2)C1.O=C(O)C(F)(F)F. The topological polar surface area (TPSA) is 191 Å². The van der Waals surface area contributed by atoms with Gasteiger partial charge in [0.1, 0.15) is 11.2 Å². The number of aliphatic carboxylic acids is 1. The number of alkyl halides is 3. The van der Waals surface area contributed by atoms with E-state index < -0.39 is 69.6 Å². The second-order valence-corrected chi connectivity index (χ2v) is 19.0. The molecule has 66 heavy (non-hydrogen) atoms. The molecule has 1 spiro atoms. The Morgan fingerprint density at radius 3 is 2.26 bits per heavy atom. The smallest absolute Gasteiger partial charge is 0.490 e. The van der Waals surface area contributed by atoms with E-state index in [9.17, 15) is 33.0 Å². The molecule has 6 aliphatic rings. The fourth-order valence-electron chi connectivity index (χ4n) is 13.5. The zero-order chi connectivity index (χ0) is 47.9. The number of fused-ring (bicyclic) bond motifs is 6. The Morgan fingerprint density at radius 1 is 0.939 bits per heavy atom. The molecule has 3 fully saturated rings. The van der Waals surface area contributed by atoms with Gasteiger partial charge >= 0.3 is 30.1 Å². The van der Waals surface area contributed by atoms with Crippen molar-refractivity contribution in [2.75, 3.05) is 66.0 Å². The van der Waals surface area contributed by atoms with E-state index in [4.69, 9.17) is 28.8 Å². The van der Waals surface area contributed by atoms with Crippen LogP contribution in [-0.4, -0.2) is 151 Å². The van der Waals surface area contributed by atoms with Crippen molar-refractivity contribution in [1.29, 1.82) is 0 Å². The number of carbonyl (C=O) groups is 4. The second-order valence-electron chi connectivity index (χ2n) is 19.0. The fourth-order valence-corrected chi connectivity index (χ4v) is 13.5. The van der Waals surface area contributed by atoms with Gasteiger partial charge in [0, 0.05) is 90.9 Å². The van der Waals surface area contributed by atoms with E-state index in [0.717, 1.165) is 33.4 Å². The van der Waals surface area contributed by atoms with Crippen LogP contribution < -0.4 is 9.64 Å². The van der Waals surface area contributed by atoms with Crippen LogP contribution >= 0.6 is 0 Å². The zero-order valence-corrected chi connectivity index (χ0v) is 38.3. The highest BCUT2D eigenvalue weighted by molar-refractivity contribution is 5.95. The van der Waals surface area contributed by atoms with Crippen molar-refractivity contribution < 1.29 is 66.6 Å². The Labute approximate surface area is 380 Å². The molecule has 6 heterocycles. The van der Waals surface area contributed by atoms with Gasteiger partial charge in [0.05, 0.1) is 33.0 Å². The van der Waals surface area contributed by atoms with E-state index >= 15 is 4.79 Å². The molecule has 2 bridgehead atoms. The summed E-state index contributed by atoms with van der Waals surface area (Å²) in [6.07, 6.45) is 0.861. The number of rotatable bonds is 7. The number of aromatic nitrogens is 1. The molecule has 5 aliphatic heterocycles. The van der Waals surface area contributed by atoms with Gasteiger partial charge in [0.25, 0.3) is 0 Å². The first-order valence-corrected chi connectivity index (χ1v) is 22.5. The predicted octanol–water partition coefficient (Wildman–Crippen LogP) is 4.62. The van der Waals surface area contributed by atoms with Crippen LogP contribution in [0.4, 0.5) is 18.9 Å². The minimum atomic E-state index is -5.08. The van der Waals surface area contributed by atoms with E-state index in [1.165, 1.54) is 21.1 Å². The number of likely N-dealkylation sites (N-methyl/N-ethyl adjacent to an activating group) is 1. The number of H-pyrrole nitrogens is 1. The third-order valence-electron chi connectivity index (χ3n) is 15.8. The van der Waals surface area contributed by atoms with Crippen molar-refractivity contribution in [2.24, 2.45) is 11.3 Å². The number of carbonyl (C=O) groups excluding carboxylic acids is 3. The number of hydrogen-bond acceptors (Lipinski definition) is 13. The van der Waals surface area contributed by atoms with E-state index in [1.54, 1.807) is 7.11 Å². The number of aromatic amines is 1. The summed E-state index contributed by atoms with van der Waals surface area (Å²) in [6, 6.07) is 11.0. The van der Waals surface area contributed by atoms with Crippen LogP contribution in [0.15, 0.2) is 48.6 Å². The molecule has 0 amide bonds. The number of ether oxygens (including phenoxy) is 4. The number of hydrogen-bond donors (Lipinski definition) is 4. The van der Waals surface area contributed by atoms with Gasteiger partial charge in [-0.15, -0.1) is 0 Å². The minimum Gasteiger partial charge on any atom is -0.496 e. The van der Waals surface area contributed by atoms with E-state index in [1.807, 2.05) is 50.1 Å². The summed E-state index contributed by atoms with van der Waals surface area (Å²) in [5.41, 5.74) is -1.62. The molecule has 1 saturated carbocycles. The summed E-state index contributed by atoms with van der Waals surface area (Å²) >= 11 is 0. The molecule has 18 heteroatoms. The Balaban J connectivity index is 0.000000785. The number of nitrogens with zero attached hydrogens (tertiary/aromatic N) is 3. The van der Waals surface area contributed by atoms with Gasteiger partial charge in [0.15, 0.2) is 6.10 Å². The average Bonchev–Trinajstić information content (AvgIpc) is 3.95. The summed E-state index contributed by atoms with van der Waals surface area (Å²) in [7, 11) is 6.15. The number of nitrogens with one attached hydrogen (secondary N) is 1. The summed E-state index contributed by atoms with van der Waals surface area (Å²) in [5.74, 6) is -4.32. The maximum atomic E-state index is 15.3. The van der Waals surface area contributed by atoms with Crippen LogP contribution in [0.5, 0.6) is 5.75 Å². The van der Waals surface area contributed by atoms with Crippen molar-refractivity contribution in [3.63, 3.8) is 0 Å². The molecule has 10 atom stereocenters. The second kappa shape index (κ2) is 16.6. The normalized spacial score (nSPS) is 34.2. The summed E-state index contributed by atoms with van der Waals surface area (Å²) in [6.45, 7) is 8.62. The highest BCUT2D eigenvalue weighted by atomic mass is 19.4. The number of para-hydroxylation sites is 1. The molecule has 2 aromatic carbocycles. The molecule has 1 aliphatic carbocycles. The maximum absolute atomic E-state index is 15.3.